The van der Waals surface area contributed by atoms with E-state index in [0.29, 0.717) is 11.6 Å². The molecule has 1 aromatic carbocycles. The summed E-state index contributed by atoms with van der Waals surface area (Å²) in [6.07, 6.45) is -0.726. The van der Waals surface area contributed by atoms with Gasteiger partial charge in [0.15, 0.2) is 0 Å². The van der Waals surface area contributed by atoms with E-state index in [1.54, 1.807) is 0 Å². The van der Waals surface area contributed by atoms with Crippen LogP contribution in [0.4, 0.5) is 0 Å². The van der Waals surface area contributed by atoms with E-state index < -0.39 is 6.10 Å². The highest BCUT2D eigenvalue weighted by atomic mass is 79.9. The van der Waals surface area contributed by atoms with Gasteiger partial charge in [0.25, 0.3) is 0 Å². The molecule has 0 saturated heterocycles. The number of ether oxygens (including phenoxy) is 1. The van der Waals surface area contributed by atoms with E-state index in [4.69, 9.17) is 16.3 Å². The van der Waals surface area contributed by atoms with Crippen LogP contribution in [0.25, 0.3) is 0 Å². The first kappa shape index (κ1) is 14.9. The van der Waals surface area contributed by atoms with Crippen molar-refractivity contribution in [1.29, 1.82) is 0 Å². The number of aliphatic hydroxyl groups excluding tert-OH is 1. The van der Waals surface area contributed by atoms with Crippen molar-refractivity contribution in [3.05, 3.63) is 49.1 Å². The van der Waals surface area contributed by atoms with Gasteiger partial charge in [-0.1, -0.05) is 33.6 Å². The van der Waals surface area contributed by atoms with Crippen molar-refractivity contribution in [2.24, 2.45) is 0 Å². The molecule has 0 bridgehead atoms. The smallest absolute Gasteiger partial charge is 0.120 e. The molecule has 1 N–H and O–H groups in total. The number of thiophene rings is 1. The van der Waals surface area contributed by atoms with Crippen LogP contribution >= 0.6 is 38.9 Å². The summed E-state index contributed by atoms with van der Waals surface area (Å²) in [4.78, 5) is 0.768. The molecular formula is C14H14BrClO2S. The fourth-order valence-electron chi connectivity index (χ4n) is 1.76. The first-order chi connectivity index (χ1) is 9.04. The Hall–Kier alpha value is -0.550. The lowest BCUT2D eigenvalue weighted by Crippen LogP contribution is -2.00. The molecule has 0 saturated carbocycles. The van der Waals surface area contributed by atoms with Crippen molar-refractivity contribution in [3.8, 4) is 5.75 Å². The number of aryl methyl sites for hydroxylation is 1. The van der Waals surface area contributed by atoms with Crippen LogP contribution in [0.5, 0.6) is 5.75 Å². The van der Waals surface area contributed by atoms with E-state index in [-0.39, 0.29) is 0 Å². The maximum absolute atomic E-state index is 10.4. The normalized spacial score (nSPS) is 12.5. The summed E-state index contributed by atoms with van der Waals surface area (Å²) < 4.78 is 6.23. The van der Waals surface area contributed by atoms with Gasteiger partial charge in [0.2, 0.25) is 0 Å². The van der Waals surface area contributed by atoms with Crippen LogP contribution < -0.4 is 4.74 Å². The zero-order valence-corrected chi connectivity index (χ0v) is 13.8. The molecule has 2 aromatic rings. The highest BCUT2D eigenvalue weighted by Gasteiger charge is 2.19. The van der Waals surface area contributed by atoms with Gasteiger partial charge in [-0.2, -0.15) is 0 Å². The lowest BCUT2D eigenvalue weighted by molar-refractivity contribution is 0.223. The largest absolute Gasteiger partial charge is 0.494 e. The van der Waals surface area contributed by atoms with E-state index in [2.05, 4.69) is 15.9 Å². The summed E-state index contributed by atoms with van der Waals surface area (Å²) in [5, 5.41) is 13.0. The van der Waals surface area contributed by atoms with Crippen LogP contribution in [0.1, 0.15) is 29.0 Å². The van der Waals surface area contributed by atoms with E-state index >= 15 is 0 Å². The topological polar surface area (TPSA) is 29.5 Å². The van der Waals surface area contributed by atoms with Gasteiger partial charge in [0.1, 0.15) is 11.9 Å². The number of benzene rings is 1. The third kappa shape index (κ3) is 3.14. The molecule has 0 aliphatic carbocycles. The summed E-state index contributed by atoms with van der Waals surface area (Å²) in [6.45, 7) is 4.48. The number of halogens is 2. The average Bonchev–Trinajstić information content (AvgIpc) is 2.70. The molecule has 19 heavy (non-hydrogen) atoms. The van der Waals surface area contributed by atoms with Crippen LogP contribution in [0, 0.1) is 6.92 Å². The Morgan fingerprint density at radius 2 is 2.21 bits per heavy atom. The second kappa shape index (κ2) is 6.27. The lowest BCUT2D eigenvalue weighted by atomic mass is 10.1. The van der Waals surface area contributed by atoms with E-state index in [0.717, 1.165) is 26.2 Å². The van der Waals surface area contributed by atoms with Crippen LogP contribution in [-0.4, -0.2) is 11.7 Å². The third-order valence-electron chi connectivity index (χ3n) is 2.75. The van der Waals surface area contributed by atoms with Crippen molar-refractivity contribution in [2.75, 3.05) is 6.61 Å². The molecule has 0 spiro atoms. The molecule has 1 unspecified atom stereocenters. The van der Waals surface area contributed by atoms with Gasteiger partial charge in [-0.05, 0) is 36.9 Å². The van der Waals surface area contributed by atoms with Gasteiger partial charge in [-0.15, -0.1) is 11.3 Å². The van der Waals surface area contributed by atoms with Crippen molar-refractivity contribution in [3.63, 3.8) is 0 Å². The first-order valence-electron chi connectivity index (χ1n) is 5.88. The Labute approximate surface area is 130 Å². The SMILES string of the molecule is CCOc1ccc(C(O)c2scc(C)c2Cl)c(Br)c1. The molecule has 1 heterocycles. The van der Waals surface area contributed by atoms with Crippen LogP contribution in [-0.2, 0) is 0 Å². The van der Waals surface area contributed by atoms with E-state index in [1.165, 1.54) is 11.3 Å². The first-order valence-corrected chi connectivity index (χ1v) is 7.93. The summed E-state index contributed by atoms with van der Waals surface area (Å²) in [5.41, 5.74) is 1.77. The van der Waals surface area contributed by atoms with E-state index in [9.17, 15) is 5.11 Å². The average molecular weight is 362 g/mol. The Morgan fingerprint density at radius 3 is 2.74 bits per heavy atom. The minimum absolute atomic E-state index is 0.615. The molecule has 2 rings (SSSR count). The van der Waals surface area contributed by atoms with Crippen LogP contribution in [0.2, 0.25) is 5.02 Å². The predicted molar refractivity (Wildman–Crippen MR) is 83.4 cm³/mol. The van der Waals surface area contributed by atoms with Crippen molar-refractivity contribution < 1.29 is 9.84 Å². The molecule has 0 fully saturated rings. The summed E-state index contributed by atoms with van der Waals surface area (Å²) in [6, 6.07) is 5.56. The minimum Gasteiger partial charge on any atom is -0.494 e. The van der Waals surface area contributed by atoms with Gasteiger partial charge in [-0.3, -0.25) is 0 Å². The van der Waals surface area contributed by atoms with Crippen molar-refractivity contribution in [1.82, 2.24) is 0 Å². The second-order valence-electron chi connectivity index (χ2n) is 4.12. The molecule has 2 nitrogen and oxygen atoms in total. The Balaban J connectivity index is 2.34. The summed E-state index contributed by atoms with van der Waals surface area (Å²) >= 11 is 11.1. The molecule has 1 atom stereocenters. The van der Waals surface area contributed by atoms with Crippen molar-refractivity contribution in [2.45, 2.75) is 20.0 Å². The Morgan fingerprint density at radius 1 is 1.47 bits per heavy atom. The fraction of sp³-hybridized carbons (Fsp3) is 0.286. The third-order valence-corrected chi connectivity index (χ3v) is 5.20. The monoisotopic (exact) mass is 360 g/mol. The number of hydrogen-bond acceptors (Lipinski definition) is 3. The Bertz CT molecular complexity index is 583. The molecule has 5 heteroatoms. The second-order valence-corrected chi connectivity index (χ2v) is 6.26. The number of rotatable bonds is 4. The highest BCUT2D eigenvalue weighted by Crippen LogP contribution is 2.38. The lowest BCUT2D eigenvalue weighted by Gasteiger charge is -2.13. The van der Waals surface area contributed by atoms with Crippen LogP contribution in [0.3, 0.4) is 0 Å². The summed E-state index contributed by atoms with van der Waals surface area (Å²) in [5.74, 6) is 0.777. The van der Waals surface area contributed by atoms with Crippen molar-refractivity contribution >= 4 is 38.9 Å². The molecule has 0 aliphatic rings. The quantitative estimate of drug-likeness (QED) is 0.834. The number of hydrogen-bond donors (Lipinski definition) is 1. The zero-order chi connectivity index (χ0) is 14.0. The maximum Gasteiger partial charge on any atom is 0.120 e. The predicted octanol–water partition coefficient (Wildman–Crippen LogP) is 4.95. The maximum atomic E-state index is 10.4. The summed E-state index contributed by atoms with van der Waals surface area (Å²) in [7, 11) is 0. The minimum atomic E-state index is -0.726. The highest BCUT2D eigenvalue weighted by molar-refractivity contribution is 9.10. The molecular weight excluding hydrogens is 348 g/mol. The van der Waals surface area contributed by atoms with Gasteiger partial charge in [-0.25, -0.2) is 0 Å². The number of aliphatic hydroxyl groups is 1. The van der Waals surface area contributed by atoms with Gasteiger partial charge < -0.3 is 9.84 Å². The van der Waals surface area contributed by atoms with Gasteiger partial charge in [0.05, 0.1) is 16.5 Å². The van der Waals surface area contributed by atoms with Gasteiger partial charge in [0, 0.05) is 10.0 Å². The standard InChI is InChI=1S/C14H14BrClO2S/c1-3-18-9-4-5-10(11(15)6-9)13(17)14-12(16)8(2)7-19-14/h4-7,13,17H,3H2,1-2H3. The molecule has 0 aliphatic heterocycles. The zero-order valence-electron chi connectivity index (χ0n) is 10.6. The van der Waals surface area contributed by atoms with Crippen LogP contribution in [0.15, 0.2) is 28.1 Å². The molecule has 0 amide bonds. The molecule has 102 valence electrons. The van der Waals surface area contributed by atoms with Gasteiger partial charge >= 0.3 is 0 Å². The Kier molecular flexibility index (Phi) is 4.90. The fourth-order valence-corrected chi connectivity index (χ4v) is 3.63. The molecule has 0 radical (unpaired) electrons. The molecule has 1 aromatic heterocycles. The van der Waals surface area contributed by atoms with E-state index in [1.807, 2.05) is 37.4 Å².